The Morgan fingerprint density at radius 3 is 2.43 bits per heavy atom. The Morgan fingerprint density at radius 1 is 1.04 bits per heavy atom. The molecular formula is C35H46F2N6O3. The van der Waals surface area contributed by atoms with Gasteiger partial charge in [-0.1, -0.05) is 6.58 Å². The van der Waals surface area contributed by atoms with Crippen molar-refractivity contribution in [1.29, 1.82) is 0 Å². The minimum atomic E-state index is -0.654. The van der Waals surface area contributed by atoms with Crippen LogP contribution >= 0.6 is 0 Å². The smallest absolute Gasteiger partial charge is 0.350 e. The van der Waals surface area contributed by atoms with Crippen LogP contribution in [0, 0.1) is 18.6 Å². The number of aldehydes is 1. The highest BCUT2D eigenvalue weighted by Gasteiger charge is 2.34. The van der Waals surface area contributed by atoms with Crippen LogP contribution in [0.3, 0.4) is 0 Å². The van der Waals surface area contributed by atoms with Crippen LogP contribution in [-0.4, -0.2) is 109 Å². The number of benzene rings is 2. The number of halogens is 2. The summed E-state index contributed by atoms with van der Waals surface area (Å²) in [7, 11) is 4.26. The first-order valence-electron chi connectivity index (χ1n) is 16.2. The van der Waals surface area contributed by atoms with Crippen molar-refractivity contribution in [3.63, 3.8) is 0 Å². The number of carbonyl (C=O) groups excluding carboxylic acids is 1. The van der Waals surface area contributed by atoms with Gasteiger partial charge in [0.05, 0.1) is 12.1 Å². The van der Waals surface area contributed by atoms with Gasteiger partial charge in [-0.3, -0.25) is 14.3 Å². The van der Waals surface area contributed by atoms with Gasteiger partial charge in [-0.15, -0.1) is 0 Å². The van der Waals surface area contributed by atoms with E-state index in [0.717, 1.165) is 75.7 Å². The lowest BCUT2D eigenvalue weighted by atomic mass is 9.94. The number of rotatable bonds is 7. The maximum absolute atomic E-state index is 15.3. The number of hydrogen-bond donors (Lipinski definition) is 0. The molecule has 0 unspecified atom stereocenters. The van der Waals surface area contributed by atoms with Gasteiger partial charge in [-0.25, -0.2) is 13.6 Å². The number of likely N-dealkylation sites (N-methyl/N-ethyl adjacent to an activating group) is 2. The number of aromatic nitrogens is 2. The molecule has 11 heteroatoms. The first-order valence-corrected chi connectivity index (χ1v) is 16.2. The lowest BCUT2D eigenvalue weighted by molar-refractivity contribution is -0.104. The minimum Gasteiger partial charge on any atom is -0.486 e. The highest BCUT2D eigenvalue weighted by Crippen LogP contribution is 2.45. The molecule has 0 bridgehead atoms. The normalized spacial score (nSPS) is 22.2. The Balaban J connectivity index is 0.000000985. The fourth-order valence-corrected chi connectivity index (χ4v) is 6.82. The van der Waals surface area contributed by atoms with Gasteiger partial charge in [-0.2, -0.15) is 4.98 Å². The van der Waals surface area contributed by atoms with E-state index in [2.05, 4.69) is 59.1 Å². The van der Waals surface area contributed by atoms with Crippen molar-refractivity contribution < 1.29 is 18.3 Å². The van der Waals surface area contributed by atoms with Crippen LogP contribution in [0.25, 0.3) is 22.0 Å². The van der Waals surface area contributed by atoms with Gasteiger partial charge in [0.2, 0.25) is 0 Å². The Morgan fingerprint density at radius 2 is 1.76 bits per heavy atom. The topological polar surface area (TPSA) is 74.1 Å². The van der Waals surface area contributed by atoms with Crippen LogP contribution in [0.4, 0.5) is 14.6 Å². The molecule has 6 rings (SSSR count). The average molecular weight is 637 g/mol. The van der Waals surface area contributed by atoms with E-state index >= 15 is 4.39 Å². The first-order chi connectivity index (χ1) is 22.0. The van der Waals surface area contributed by atoms with Crippen molar-refractivity contribution >= 4 is 23.0 Å². The number of hydrogen-bond acceptors (Lipinski definition) is 8. The maximum Gasteiger partial charge on any atom is 0.350 e. The van der Waals surface area contributed by atoms with Gasteiger partial charge in [0.25, 0.3) is 0 Å². The lowest BCUT2D eigenvalue weighted by Crippen LogP contribution is -2.55. The van der Waals surface area contributed by atoms with E-state index in [1.165, 1.54) is 18.2 Å². The third-order valence-electron chi connectivity index (χ3n) is 9.53. The summed E-state index contributed by atoms with van der Waals surface area (Å²) in [6.07, 6.45) is 3.26. The van der Waals surface area contributed by atoms with Crippen LogP contribution in [0.1, 0.15) is 32.3 Å². The highest BCUT2D eigenvalue weighted by atomic mass is 19.1. The zero-order chi connectivity index (χ0) is 33.1. The summed E-state index contributed by atoms with van der Waals surface area (Å²) in [4.78, 5) is 36.8. The van der Waals surface area contributed by atoms with Crippen molar-refractivity contribution in [3.8, 4) is 16.9 Å². The molecule has 0 saturated carbocycles. The Labute approximate surface area is 270 Å². The molecular weight excluding hydrogens is 590 g/mol. The third-order valence-corrected chi connectivity index (χ3v) is 9.53. The molecule has 3 aliphatic heterocycles. The molecule has 0 N–H and O–H groups in total. The first kappa shape index (κ1) is 33.7. The lowest BCUT2D eigenvalue weighted by Gasteiger charge is -2.43. The molecule has 0 aliphatic carbocycles. The largest absolute Gasteiger partial charge is 0.486 e. The average Bonchev–Trinajstić information content (AvgIpc) is 3.02. The number of aryl methyl sites for hydroxylation is 1. The van der Waals surface area contributed by atoms with Crippen molar-refractivity contribution in [2.75, 3.05) is 64.8 Å². The van der Waals surface area contributed by atoms with Gasteiger partial charge in [0, 0.05) is 73.9 Å². The molecule has 2 fully saturated rings. The molecule has 0 radical (unpaired) electrons. The fourth-order valence-electron chi connectivity index (χ4n) is 6.82. The predicted octanol–water partition coefficient (Wildman–Crippen LogP) is 4.34. The van der Waals surface area contributed by atoms with Crippen molar-refractivity contribution in [1.82, 2.24) is 24.3 Å². The second-order valence-corrected chi connectivity index (χ2v) is 12.9. The van der Waals surface area contributed by atoms with Crippen molar-refractivity contribution in [3.05, 3.63) is 64.6 Å². The van der Waals surface area contributed by atoms with Gasteiger partial charge in [-0.05, 0) is 84.1 Å². The van der Waals surface area contributed by atoms with Crippen molar-refractivity contribution in [2.45, 2.75) is 58.3 Å². The molecule has 0 spiro atoms. The molecule has 3 atom stereocenters. The second kappa shape index (κ2) is 14.4. The monoisotopic (exact) mass is 636 g/mol. The number of nitrogens with zero attached hydrogens (tertiary/aromatic N) is 6. The van der Waals surface area contributed by atoms with Gasteiger partial charge >= 0.3 is 5.69 Å². The van der Waals surface area contributed by atoms with Crippen molar-refractivity contribution in [2.24, 2.45) is 0 Å². The van der Waals surface area contributed by atoms with Crippen LogP contribution in [0.2, 0.25) is 0 Å². The number of anilines is 1. The maximum atomic E-state index is 15.3. The van der Waals surface area contributed by atoms with E-state index in [9.17, 15) is 9.18 Å². The Kier molecular flexibility index (Phi) is 10.5. The number of ether oxygens (including phenoxy) is 1. The molecule has 2 aromatic carbocycles. The number of carbonyl (C=O) groups is 1. The summed E-state index contributed by atoms with van der Waals surface area (Å²) in [6, 6.07) is 6.07. The zero-order valence-corrected chi connectivity index (χ0v) is 27.6. The van der Waals surface area contributed by atoms with Crippen LogP contribution < -0.4 is 15.3 Å². The molecule has 3 aliphatic rings. The molecule has 2 saturated heterocycles. The second-order valence-electron chi connectivity index (χ2n) is 12.9. The van der Waals surface area contributed by atoms with Crippen LogP contribution in [-0.2, 0) is 11.3 Å². The van der Waals surface area contributed by atoms with E-state index in [4.69, 9.17) is 9.53 Å². The summed E-state index contributed by atoms with van der Waals surface area (Å²) in [6.45, 7) is 16.5. The van der Waals surface area contributed by atoms with E-state index in [1.807, 2.05) is 13.0 Å². The van der Waals surface area contributed by atoms with Gasteiger partial charge < -0.3 is 19.4 Å². The quantitative estimate of drug-likeness (QED) is 0.280. The Hall–Kier alpha value is -3.67. The third kappa shape index (κ3) is 7.01. The van der Waals surface area contributed by atoms with E-state index in [-0.39, 0.29) is 23.4 Å². The fraction of sp³-hybridized carbons (Fsp3) is 0.514. The minimum absolute atomic E-state index is 0.154. The van der Waals surface area contributed by atoms with Crippen LogP contribution in [0.5, 0.6) is 5.75 Å². The van der Waals surface area contributed by atoms with E-state index in [0.29, 0.717) is 41.5 Å². The predicted molar refractivity (Wildman–Crippen MR) is 179 cm³/mol. The van der Waals surface area contributed by atoms with E-state index < -0.39 is 11.6 Å². The number of allylic oxidation sites excluding steroid dienone is 1. The van der Waals surface area contributed by atoms with Crippen LogP contribution in [0.15, 0.2) is 41.7 Å². The molecule has 4 heterocycles. The molecule has 46 heavy (non-hydrogen) atoms. The molecule has 3 aromatic rings. The van der Waals surface area contributed by atoms with Gasteiger partial charge in [0.1, 0.15) is 29.8 Å². The Bertz CT molecular complexity index is 1630. The SMILES string of the molecule is C=CC=O.Cc1cc2c(N3C[C@@H](C)N(C)C[C@@H]3C)nc(=O)n3c2c(c1-c1ccc(F)cc1F)O[C@H](CCCN1CCN(C)CC1)C3. The zero-order valence-electron chi connectivity index (χ0n) is 27.6. The summed E-state index contributed by atoms with van der Waals surface area (Å²) in [5, 5.41) is 0.827. The molecule has 1 aromatic heterocycles. The van der Waals surface area contributed by atoms with Gasteiger partial charge in [0.15, 0.2) is 5.75 Å². The summed E-state index contributed by atoms with van der Waals surface area (Å²) in [5.41, 5.74) is 1.95. The summed E-state index contributed by atoms with van der Waals surface area (Å²) >= 11 is 0. The van der Waals surface area contributed by atoms with E-state index in [1.54, 1.807) is 4.57 Å². The molecule has 0 amide bonds. The summed E-state index contributed by atoms with van der Waals surface area (Å²) < 4.78 is 37.6. The molecule has 9 nitrogen and oxygen atoms in total. The molecule has 248 valence electrons. The summed E-state index contributed by atoms with van der Waals surface area (Å²) in [5.74, 6) is -0.153. The highest BCUT2D eigenvalue weighted by molar-refractivity contribution is 6.00. The standard InChI is InChI=1S/C32H42F2N6O2.C3H4O/c1-20-15-26-29-30(28(20)25-9-8-23(33)16-27(25)34)42-24(7-6-10-38-13-11-36(4)12-14-38)19-40(29)32(41)35-31(26)39-18-21(2)37(5)17-22(39)3;1-2-3-4/h8-9,15-16,21-22,24H,6-7,10-14,17-19H2,1-5H3;2-3H,1H2/t21-,22+,24-;/m1./s1. The number of piperazine rings is 2.